The molecule has 0 spiro atoms. The predicted octanol–water partition coefficient (Wildman–Crippen LogP) is 5.32. The van der Waals surface area contributed by atoms with Crippen LogP contribution in [0.1, 0.15) is 43.1 Å². The normalized spacial score (nSPS) is 13.4. The van der Waals surface area contributed by atoms with Gasteiger partial charge in [-0.05, 0) is 69.2 Å². The van der Waals surface area contributed by atoms with Gasteiger partial charge in [-0.15, -0.1) is 10.2 Å². The maximum atomic E-state index is 13.0. The molecule has 0 bridgehead atoms. The number of hydrogen-bond acceptors (Lipinski definition) is 7. The van der Waals surface area contributed by atoms with Crippen LogP contribution in [-0.2, 0) is 0 Å². The lowest BCUT2D eigenvalue weighted by atomic mass is 10.2. The number of amides is 1. The van der Waals surface area contributed by atoms with Crippen LogP contribution >= 0.6 is 11.8 Å². The summed E-state index contributed by atoms with van der Waals surface area (Å²) in [6.07, 6.45) is 4.11. The third-order valence-corrected chi connectivity index (χ3v) is 6.73. The molecular formula is C26H27N7OS. The van der Waals surface area contributed by atoms with E-state index in [1.54, 1.807) is 30.2 Å². The fourth-order valence-corrected chi connectivity index (χ4v) is 4.89. The Morgan fingerprint density at radius 2 is 1.80 bits per heavy atom. The number of rotatable bonds is 7. The van der Waals surface area contributed by atoms with Gasteiger partial charge >= 0.3 is 0 Å². The molecule has 8 nitrogen and oxygen atoms in total. The summed E-state index contributed by atoms with van der Waals surface area (Å²) < 4.78 is 1.95. The van der Waals surface area contributed by atoms with E-state index in [9.17, 15) is 4.79 Å². The molecule has 1 aliphatic rings. The Morgan fingerprint density at radius 1 is 1.00 bits per heavy atom. The van der Waals surface area contributed by atoms with E-state index in [1.165, 1.54) is 12.8 Å². The summed E-state index contributed by atoms with van der Waals surface area (Å²) in [6.45, 7) is 6.23. The molecule has 1 fully saturated rings. The van der Waals surface area contributed by atoms with E-state index < -0.39 is 0 Å². The summed E-state index contributed by atoms with van der Waals surface area (Å²) in [5.41, 5.74) is 1.21. The van der Waals surface area contributed by atoms with Crippen LogP contribution in [0.25, 0.3) is 11.5 Å². The van der Waals surface area contributed by atoms with Crippen molar-refractivity contribution in [3.05, 3.63) is 72.6 Å². The first-order chi connectivity index (χ1) is 17.1. The summed E-state index contributed by atoms with van der Waals surface area (Å²) in [4.78, 5) is 25.7. The van der Waals surface area contributed by atoms with Gasteiger partial charge in [0.2, 0.25) is 0 Å². The quantitative estimate of drug-likeness (QED) is 0.379. The van der Waals surface area contributed by atoms with E-state index in [-0.39, 0.29) is 11.9 Å². The van der Waals surface area contributed by atoms with E-state index in [4.69, 9.17) is 4.98 Å². The molecule has 178 valence electrons. The van der Waals surface area contributed by atoms with E-state index in [2.05, 4.69) is 45.3 Å². The topological polar surface area (TPSA) is 88.8 Å². The van der Waals surface area contributed by atoms with Gasteiger partial charge < -0.3 is 14.8 Å². The molecule has 1 amide bonds. The Bertz CT molecular complexity index is 1330. The number of hydrogen-bond donors (Lipinski definition) is 1. The summed E-state index contributed by atoms with van der Waals surface area (Å²) in [5.74, 6) is 1.92. The number of carbonyl (C=O) groups is 1. The van der Waals surface area contributed by atoms with Crippen LogP contribution in [0, 0.1) is 0 Å². The molecule has 3 aromatic heterocycles. The average Bonchev–Trinajstić information content (AvgIpc) is 3.57. The molecule has 35 heavy (non-hydrogen) atoms. The molecule has 4 aromatic rings. The Kier molecular flexibility index (Phi) is 6.76. The largest absolute Gasteiger partial charge is 0.357 e. The van der Waals surface area contributed by atoms with Gasteiger partial charge in [-0.2, -0.15) is 0 Å². The first-order valence-corrected chi connectivity index (χ1v) is 12.6. The van der Waals surface area contributed by atoms with E-state index in [0.29, 0.717) is 22.9 Å². The second kappa shape index (κ2) is 10.3. The summed E-state index contributed by atoms with van der Waals surface area (Å²) in [5, 5.41) is 12.0. The minimum Gasteiger partial charge on any atom is -0.357 e. The van der Waals surface area contributed by atoms with Crippen LogP contribution in [0.15, 0.2) is 76.9 Å². The van der Waals surface area contributed by atoms with Crippen LogP contribution in [0.2, 0.25) is 0 Å². The molecule has 5 rings (SSSR count). The monoisotopic (exact) mass is 485 g/mol. The van der Waals surface area contributed by atoms with Crippen molar-refractivity contribution in [3.8, 4) is 11.5 Å². The van der Waals surface area contributed by atoms with Crippen LogP contribution in [0.3, 0.4) is 0 Å². The van der Waals surface area contributed by atoms with Gasteiger partial charge in [-0.25, -0.2) is 9.97 Å². The summed E-state index contributed by atoms with van der Waals surface area (Å²) >= 11 is 1.55. The summed E-state index contributed by atoms with van der Waals surface area (Å²) in [6, 6.07) is 19.3. The van der Waals surface area contributed by atoms with Crippen molar-refractivity contribution in [1.82, 2.24) is 24.7 Å². The number of carbonyl (C=O) groups excluding carboxylic acids is 1. The van der Waals surface area contributed by atoms with Crippen molar-refractivity contribution in [1.29, 1.82) is 0 Å². The van der Waals surface area contributed by atoms with Gasteiger partial charge in [0, 0.05) is 29.6 Å². The lowest BCUT2D eigenvalue weighted by Crippen LogP contribution is -2.18. The SMILES string of the molecule is CC(C)n1cnnc1-c1cccc(NC(=O)c2cccc(Sc3cccc(N4CCCC4)n3)c2)n1. The third kappa shape index (κ3) is 5.35. The average molecular weight is 486 g/mol. The van der Waals surface area contributed by atoms with Crippen molar-refractivity contribution >= 4 is 29.3 Å². The zero-order valence-electron chi connectivity index (χ0n) is 19.8. The predicted molar refractivity (Wildman–Crippen MR) is 138 cm³/mol. The molecule has 1 aromatic carbocycles. The number of aromatic nitrogens is 5. The number of nitrogens with one attached hydrogen (secondary N) is 1. The molecule has 0 atom stereocenters. The molecule has 0 radical (unpaired) electrons. The number of pyridine rings is 2. The first kappa shape index (κ1) is 23.0. The second-order valence-electron chi connectivity index (χ2n) is 8.68. The lowest BCUT2D eigenvalue weighted by molar-refractivity contribution is 0.102. The number of benzene rings is 1. The van der Waals surface area contributed by atoms with Crippen molar-refractivity contribution in [2.75, 3.05) is 23.3 Å². The zero-order valence-corrected chi connectivity index (χ0v) is 20.6. The smallest absolute Gasteiger partial charge is 0.256 e. The van der Waals surface area contributed by atoms with Gasteiger partial charge in [-0.1, -0.05) is 30.0 Å². The Hall–Kier alpha value is -3.72. The maximum Gasteiger partial charge on any atom is 0.256 e. The molecule has 4 heterocycles. The van der Waals surface area contributed by atoms with Gasteiger partial charge in [-0.3, -0.25) is 4.79 Å². The van der Waals surface area contributed by atoms with Crippen LogP contribution in [0.5, 0.6) is 0 Å². The fraction of sp³-hybridized carbons (Fsp3) is 0.269. The van der Waals surface area contributed by atoms with Crippen molar-refractivity contribution in [2.24, 2.45) is 0 Å². The van der Waals surface area contributed by atoms with Gasteiger partial charge in [0.15, 0.2) is 5.82 Å². The molecule has 1 saturated heterocycles. The molecule has 0 aliphatic carbocycles. The second-order valence-corrected chi connectivity index (χ2v) is 9.77. The van der Waals surface area contributed by atoms with E-state index >= 15 is 0 Å². The van der Waals surface area contributed by atoms with Crippen LogP contribution in [-0.4, -0.2) is 43.7 Å². The molecule has 1 aliphatic heterocycles. The van der Waals surface area contributed by atoms with Gasteiger partial charge in [0.1, 0.15) is 28.7 Å². The highest BCUT2D eigenvalue weighted by atomic mass is 32.2. The minimum atomic E-state index is -0.221. The van der Waals surface area contributed by atoms with Crippen molar-refractivity contribution in [2.45, 2.75) is 42.7 Å². The highest BCUT2D eigenvalue weighted by Gasteiger charge is 2.15. The highest BCUT2D eigenvalue weighted by molar-refractivity contribution is 7.99. The fourth-order valence-electron chi connectivity index (χ4n) is 4.03. The van der Waals surface area contributed by atoms with Crippen LogP contribution in [0.4, 0.5) is 11.6 Å². The molecular weight excluding hydrogens is 458 g/mol. The van der Waals surface area contributed by atoms with Gasteiger partial charge in [0.25, 0.3) is 5.91 Å². The maximum absolute atomic E-state index is 13.0. The molecule has 9 heteroatoms. The number of nitrogens with zero attached hydrogens (tertiary/aromatic N) is 6. The van der Waals surface area contributed by atoms with Crippen molar-refractivity contribution in [3.63, 3.8) is 0 Å². The zero-order chi connectivity index (χ0) is 24.2. The van der Waals surface area contributed by atoms with E-state index in [1.807, 2.05) is 47.0 Å². The number of anilines is 2. The third-order valence-electron chi connectivity index (χ3n) is 5.81. The van der Waals surface area contributed by atoms with E-state index in [0.717, 1.165) is 28.8 Å². The van der Waals surface area contributed by atoms with Gasteiger partial charge in [0.05, 0.1) is 0 Å². The lowest BCUT2D eigenvalue weighted by Gasteiger charge is -2.16. The first-order valence-electron chi connectivity index (χ1n) is 11.7. The Morgan fingerprint density at radius 3 is 2.63 bits per heavy atom. The summed E-state index contributed by atoms with van der Waals surface area (Å²) in [7, 11) is 0. The van der Waals surface area contributed by atoms with Crippen LogP contribution < -0.4 is 10.2 Å². The molecule has 0 saturated carbocycles. The minimum absolute atomic E-state index is 0.200. The van der Waals surface area contributed by atoms with Crippen molar-refractivity contribution < 1.29 is 4.79 Å². The standard InChI is InChI=1S/C26H27N7OS/c1-18(2)33-17-27-31-25(33)21-10-6-11-22(28-21)29-26(34)19-8-5-9-20(16-19)35-24-13-7-12-23(30-24)32-14-3-4-15-32/h5-13,16-18H,3-4,14-15H2,1-2H3,(H,28,29,34). The molecule has 1 N–H and O–H groups in total. The highest BCUT2D eigenvalue weighted by Crippen LogP contribution is 2.29. The molecule has 0 unspecified atom stereocenters. The Labute approximate surface area is 208 Å². The Balaban J connectivity index is 1.30.